The van der Waals surface area contributed by atoms with E-state index in [9.17, 15) is 4.79 Å². The standard InChI is InChI=1S/C9H17N3O2/c1-7-11-6-9(14-7)2-4-12(5-3-9)8(10)13/h7,11H,2-6H2,1H3,(H2,10,13). The van der Waals surface area contributed by atoms with Gasteiger partial charge in [-0.25, -0.2) is 4.79 Å². The Morgan fingerprint density at radius 1 is 1.57 bits per heavy atom. The molecule has 0 radical (unpaired) electrons. The highest BCUT2D eigenvalue weighted by Gasteiger charge is 2.41. The third-order valence-corrected chi connectivity index (χ3v) is 3.12. The number of hydrogen-bond acceptors (Lipinski definition) is 3. The van der Waals surface area contributed by atoms with E-state index in [2.05, 4.69) is 5.32 Å². The van der Waals surface area contributed by atoms with Crippen LogP contribution in [-0.4, -0.2) is 42.4 Å². The van der Waals surface area contributed by atoms with Gasteiger partial charge < -0.3 is 15.4 Å². The van der Waals surface area contributed by atoms with Crippen LogP contribution >= 0.6 is 0 Å². The molecule has 2 amide bonds. The Hall–Kier alpha value is -0.810. The van der Waals surface area contributed by atoms with E-state index >= 15 is 0 Å². The number of nitrogens with two attached hydrogens (primary N) is 1. The number of primary amides is 1. The summed E-state index contributed by atoms with van der Waals surface area (Å²) in [7, 11) is 0. The first-order valence-corrected chi connectivity index (χ1v) is 5.07. The molecule has 0 saturated carbocycles. The van der Waals surface area contributed by atoms with Crippen molar-refractivity contribution >= 4 is 6.03 Å². The molecule has 2 fully saturated rings. The number of hydrogen-bond donors (Lipinski definition) is 2. The Morgan fingerprint density at radius 3 is 2.64 bits per heavy atom. The Labute approximate surface area is 83.6 Å². The SMILES string of the molecule is CC1NCC2(CCN(C(N)=O)CC2)O1. The van der Waals surface area contributed by atoms with Gasteiger partial charge in [0, 0.05) is 19.6 Å². The van der Waals surface area contributed by atoms with E-state index in [0.29, 0.717) is 13.1 Å². The summed E-state index contributed by atoms with van der Waals surface area (Å²) in [4.78, 5) is 12.6. The fraction of sp³-hybridized carbons (Fsp3) is 0.889. The lowest BCUT2D eigenvalue weighted by molar-refractivity contribution is -0.0613. The highest BCUT2D eigenvalue weighted by molar-refractivity contribution is 5.72. The molecule has 2 rings (SSSR count). The number of likely N-dealkylation sites (tertiary alicyclic amines) is 1. The Morgan fingerprint density at radius 2 is 2.21 bits per heavy atom. The summed E-state index contributed by atoms with van der Waals surface area (Å²) in [6.07, 6.45) is 1.90. The topological polar surface area (TPSA) is 67.6 Å². The number of nitrogens with one attached hydrogen (secondary N) is 1. The molecular weight excluding hydrogens is 182 g/mol. The molecule has 1 spiro atoms. The summed E-state index contributed by atoms with van der Waals surface area (Å²) in [6, 6.07) is -0.321. The van der Waals surface area contributed by atoms with Gasteiger partial charge in [-0.15, -0.1) is 0 Å². The first kappa shape index (κ1) is 9.73. The number of ether oxygens (including phenoxy) is 1. The Kier molecular flexibility index (Phi) is 2.36. The monoisotopic (exact) mass is 199 g/mol. The molecule has 0 aromatic carbocycles. The summed E-state index contributed by atoms with van der Waals surface area (Å²) in [5.74, 6) is 0. The van der Waals surface area contributed by atoms with E-state index in [1.807, 2.05) is 6.92 Å². The van der Waals surface area contributed by atoms with Crippen molar-refractivity contribution < 1.29 is 9.53 Å². The molecule has 2 aliphatic heterocycles. The molecule has 0 aromatic heterocycles. The number of nitrogens with zero attached hydrogens (tertiary/aromatic N) is 1. The van der Waals surface area contributed by atoms with Gasteiger partial charge in [0.15, 0.2) is 0 Å². The van der Waals surface area contributed by atoms with Gasteiger partial charge in [0.05, 0.1) is 5.60 Å². The molecule has 0 bridgehead atoms. The molecule has 3 N–H and O–H groups in total. The molecule has 14 heavy (non-hydrogen) atoms. The predicted octanol–water partition coefficient (Wildman–Crippen LogP) is -0.134. The van der Waals surface area contributed by atoms with Gasteiger partial charge in [-0.2, -0.15) is 0 Å². The molecule has 80 valence electrons. The average Bonchev–Trinajstić information content (AvgIpc) is 2.48. The van der Waals surface area contributed by atoms with Crippen LogP contribution in [0.4, 0.5) is 4.79 Å². The third kappa shape index (κ3) is 1.69. The van der Waals surface area contributed by atoms with Crippen LogP contribution in [0.25, 0.3) is 0 Å². The van der Waals surface area contributed by atoms with E-state index in [0.717, 1.165) is 19.4 Å². The molecular formula is C9H17N3O2. The summed E-state index contributed by atoms with van der Waals surface area (Å²) in [6.45, 7) is 4.32. The maximum atomic E-state index is 10.9. The maximum absolute atomic E-state index is 10.9. The zero-order valence-corrected chi connectivity index (χ0v) is 8.45. The Bertz CT molecular complexity index is 236. The van der Waals surface area contributed by atoms with Gasteiger partial charge in [-0.3, -0.25) is 5.32 Å². The smallest absolute Gasteiger partial charge is 0.314 e. The van der Waals surface area contributed by atoms with Crippen molar-refractivity contribution in [1.82, 2.24) is 10.2 Å². The fourth-order valence-electron chi connectivity index (χ4n) is 2.22. The molecule has 0 aliphatic carbocycles. The highest BCUT2D eigenvalue weighted by atomic mass is 16.5. The van der Waals surface area contributed by atoms with Gasteiger partial charge in [-0.05, 0) is 19.8 Å². The first-order valence-electron chi connectivity index (χ1n) is 5.07. The second-order valence-corrected chi connectivity index (χ2v) is 4.15. The molecule has 5 nitrogen and oxygen atoms in total. The van der Waals surface area contributed by atoms with Crippen LogP contribution in [0, 0.1) is 0 Å². The lowest BCUT2D eigenvalue weighted by atomic mass is 9.92. The van der Waals surface area contributed by atoms with Crippen LogP contribution in [0.1, 0.15) is 19.8 Å². The van der Waals surface area contributed by atoms with Crippen molar-refractivity contribution in [3.63, 3.8) is 0 Å². The largest absolute Gasteiger partial charge is 0.356 e. The average molecular weight is 199 g/mol. The van der Waals surface area contributed by atoms with E-state index in [1.54, 1.807) is 4.90 Å². The van der Waals surface area contributed by atoms with Gasteiger partial charge in [0.1, 0.15) is 6.23 Å². The van der Waals surface area contributed by atoms with Crippen LogP contribution in [0.3, 0.4) is 0 Å². The normalized spacial score (nSPS) is 30.9. The van der Waals surface area contributed by atoms with E-state index in [1.165, 1.54) is 0 Å². The number of carbonyl (C=O) groups excluding carboxylic acids is 1. The van der Waals surface area contributed by atoms with Crippen LogP contribution in [0.5, 0.6) is 0 Å². The second kappa shape index (κ2) is 3.40. The quantitative estimate of drug-likeness (QED) is 0.571. The van der Waals surface area contributed by atoms with E-state index in [4.69, 9.17) is 10.5 Å². The van der Waals surface area contributed by atoms with Crippen molar-refractivity contribution in [2.45, 2.75) is 31.6 Å². The summed E-state index contributed by atoms with van der Waals surface area (Å²) in [5.41, 5.74) is 5.16. The third-order valence-electron chi connectivity index (χ3n) is 3.12. The van der Waals surface area contributed by atoms with E-state index in [-0.39, 0.29) is 17.9 Å². The number of urea groups is 1. The number of amides is 2. The Balaban J connectivity index is 1.92. The van der Waals surface area contributed by atoms with Crippen LogP contribution in [-0.2, 0) is 4.74 Å². The van der Waals surface area contributed by atoms with E-state index < -0.39 is 0 Å². The minimum absolute atomic E-state index is 0.0502. The van der Waals surface area contributed by atoms with Crippen molar-refractivity contribution in [3.8, 4) is 0 Å². The molecule has 2 heterocycles. The van der Waals surface area contributed by atoms with Crippen LogP contribution < -0.4 is 11.1 Å². The zero-order chi connectivity index (χ0) is 10.2. The first-order chi connectivity index (χ1) is 6.61. The molecule has 0 aromatic rings. The lowest BCUT2D eigenvalue weighted by Gasteiger charge is -2.37. The number of carbonyl (C=O) groups is 1. The molecule has 1 atom stereocenters. The van der Waals surface area contributed by atoms with Crippen molar-refractivity contribution in [1.29, 1.82) is 0 Å². The van der Waals surface area contributed by atoms with Gasteiger partial charge in [0.25, 0.3) is 0 Å². The summed E-state index contributed by atoms with van der Waals surface area (Å²) in [5, 5.41) is 3.27. The van der Waals surface area contributed by atoms with Crippen LogP contribution in [0.15, 0.2) is 0 Å². The zero-order valence-electron chi connectivity index (χ0n) is 8.45. The fourth-order valence-corrected chi connectivity index (χ4v) is 2.22. The molecule has 1 unspecified atom stereocenters. The van der Waals surface area contributed by atoms with Crippen molar-refractivity contribution in [2.24, 2.45) is 5.73 Å². The van der Waals surface area contributed by atoms with Gasteiger partial charge >= 0.3 is 6.03 Å². The maximum Gasteiger partial charge on any atom is 0.314 e. The highest BCUT2D eigenvalue weighted by Crippen LogP contribution is 2.30. The van der Waals surface area contributed by atoms with Crippen molar-refractivity contribution in [3.05, 3.63) is 0 Å². The minimum atomic E-state index is -0.321. The second-order valence-electron chi connectivity index (χ2n) is 4.15. The van der Waals surface area contributed by atoms with Gasteiger partial charge in [-0.1, -0.05) is 0 Å². The molecule has 2 aliphatic rings. The van der Waals surface area contributed by atoms with Crippen molar-refractivity contribution in [2.75, 3.05) is 19.6 Å². The van der Waals surface area contributed by atoms with Gasteiger partial charge in [0.2, 0.25) is 0 Å². The number of piperidine rings is 1. The summed E-state index contributed by atoms with van der Waals surface area (Å²) < 4.78 is 5.83. The minimum Gasteiger partial charge on any atom is -0.356 e. The number of rotatable bonds is 0. The predicted molar refractivity (Wildman–Crippen MR) is 51.7 cm³/mol. The van der Waals surface area contributed by atoms with Crippen LogP contribution in [0.2, 0.25) is 0 Å². The molecule has 5 heteroatoms. The molecule has 2 saturated heterocycles. The lowest BCUT2D eigenvalue weighted by Crippen LogP contribution is -2.50. The summed E-state index contributed by atoms with van der Waals surface area (Å²) >= 11 is 0.